The zero-order valence-electron chi connectivity index (χ0n) is 8.51. The molecular formula is C9H13NO5S. The van der Waals surface area contributed by atoms with E-state index in [9.17, 15) is 8.42 Å². The third-order valence-corrected chi connectivity index (χ3v) is 4.02. The van der Waals surface area contributed by atoms with E-state index in [1.165, 1.54) is 12.1 Å². The van der Waals surface area contributed by atoms with Gasteiger partial charge in [-0.05, 0) is 25.0 Å². The van der Waals surface area contributed by atoms with Gasteiger partial charge in [0.05, 0.1) is 12.1 Å². The van der Waals surface area contributed by atoms with Gasteiger partial charge in [-0.2, -0.15) is 0 Å². The van der Waals surface area contributed by atoms with Crippen LogP contribution in [0.25, 0.3) is 0 Å². The first-order chi connectivity index (χ1) is 7.51. The summed E-state index contributed by atoms with van der Waals surface area (Å²) < 4.78 is 30.9. The molecule has 0 saturated heterocycles. The van der Waals surface area contributed by atoms with Crippen molar-refractivity contribution >= 4 is 10.0 Å². The lowest BCUT2D eigenvalue weighted by Gasteiger charge is -2.12. The summed E-state index contributed by atoms with van der Waals surface area (Å²) in [5.41, 5.74) is -0.717. The molecule has 0 unspecified atom stereocenters. The summed E-state index contributed by atoms with van der Waals surface area (Å²) in [5.74, 6) is 0.189. The van der Waals surface area contributed by atoms with Crippen LogP contribution in [0.4, 0.5) is 0 Å². The van der Waals surface area contributed by atoms with Crippen LogP contribution in [0.3, 0.4) is 0 Å². The molecule has 0 aliphatic heterocycles. The van der Waals surface area contributed by atoms with Crippen molar-refractivity contribution < 1.29 is 23.0 Å². The fourth-order valence-electron chi connectivity index (χ4n) is 1.37. The van der Waals surface area contributed by atoms with E-state index in [4.69, 9.17) is 14.6 Å². The Balaban J connectivity index is 2.19. The molecule has 0 radical (unpaired) electrons. The average molecular weight is 247 g/mol. The summed E-state index contributed by atoms with van der Waals surface area (Å²) in [6.45, 7) is -0.569. The van der Waals surface area contributed by atoms with Crippen molar-refractivity contribution in [2.75, 3.05) is 6.61 Å². The lowest BCUT2D eigenvalue weighted by molar-refractivity contribution is 0.233. The SMILES string of the molecule is O=S(=O)(NC1(CO)CC1)c1ccc(CO)o1. The first kappa shape index (κ1) is 11.6. The molecule has 0 spiro atoms. The van der Waals surface area contributed by atoms with Crippen molar-refractivity contribution in [1.29, 1.82) is 0 Å². The van der Waals surface area contributed by atoms with Crippen LogP contribution in [0.15, 0.2) is 21.6 Å². The minimum atomic E-state index is -3.74. The van der Waals surface area contributed by atoms with Crippen molar-refractivity contribution in [2.24, 2.45) is 0 Å². The highest BCUT2D eigenvalue weighted by Gasteiger charge is 2.46. The minimum absolute atomic E-state index is 0.189. The van der Waals surface area contributed by atoms with Crippen molar-refractivity contribution in [3.63, 3.8) is 0 Å². The van der Waals surface area contributed by atoms with Crippen LogP contribution in [-0.2, 0) is 16.6 Å². The Bertz CT molecular complexity index is 474. The Hall–Kier alpha value is -0.890. The van der Waals surface area contributed by atoms with Gasteiger partial charge in [0, 0.05) is 0 Å². The molecule has 6 nitrogen and oxygen atoms in total. The lowest BCUT2D eigenvalue weighted by atomic mass is 10.3. The number of hydrogen-bond acceptors (Lipinski definition) is 5. The molecule has 1 aromatic heterocycles. The van der Waals surface area contributed by atoms with Gasteiger partial charge in [0.1, 0.15) is 12.4 Å². The molecule has 3 N–H and O–H groups in total. The number of nitrogens with one attached hydrogen (secondary N) is 1. The summed E-state index contributed by atoms with van der Waals surface area (Å²) in [6.07, 6.45) is 1.24. The van der Waals surface area contributed by atoms with Gasteiger partial charge in [-0.1, -0.05) is 0 Å². The number of furan rings is 1. The molecule has 1 heterocycles. The molecule has 0 aromatic carbocycles. The molecule has 1 aromatic rings. The van der Waals surface area contributed by atoms with Crippen molar-refractivity contribution in [1.82, 2.24) is 4.72 Å². The number of aliphatic hydroxyl groups is 2. The van der Waals surface area contributed by atoms with Crippen LogP contribution in [0.5, 0.6) is 0 Å². The normalized spacial score (nSPS) is 18.6. The summed E-state index contributed by atoms with van der Waals surface area (Å²) in [6, 6.07) is 2.68. The first-order valence-corrected chi connectivity index (χ1v) is 6.34. The predicted octanol–water partition coefficient (Wildman–Crippen LogP) is -0.425. The average Bonchev–Trinajstić information content (AvgIpc) is 2.82. The van der Waals surface area contributed by atoms with Crippen LogP contribution >= 0.6 is 0 Å². The number of aliphatic hydroxyl groups excluding tert-OH is 2. The van der Waals surface area contributed by atoms with Gasteiger partial charge in [-0.3, -0.25) is 0 Å². The van der Waals surface area contributed by atoms with E-state index in [0.29, 0.717) is 12.8 Å². The summed E-state index contributed by atoms with van der Waals surface area (Å²) >= 11 is 0. The van der Waals surface area contributed by atoms with E-state index < -0.39 is 15.6 Å². The van der Waals surface area contributed by atoms with E-state index in [2.05, 4.69) is 4.72 Å². The van der Waals surface area contributed by atoms with Gasteiger partial charge < -0.3 is 14.6 Å². The number of rotatable bonds is 5. The maximum atomic E-state index is 11.8. The predicted molar refractivity (Wildman–Crippen MR) is 54.0 cm³/mol. The Labute approximate surface area is 92.9 Å². The van der Waals surface area contributed by atoms with Crippen LogP contribution in [0.2, 0.25) is 0 Å². The smallest absolute Gasteiger partial charge is 0.274 e. The largest absolute Gasteiger partial charge is 0.446 e. The second kappa shape index (κ2) is 3.85. The molecule has 1 aliphatic rings. The molecule has 1 fully saturated rings. The van der Waals surface area contributed by atoms with Gasteiger partial charge in [0.25, 0.3) is 10.0 Å². The Kier molecular flexibility index (Phi) is 2.79. The van der Waals surface area contributed by atoms with Crippen molar-refractivity contribution in [2.45, 2.75) is 30.1 Å². The van der Waals surface area contributed by atoms with E-state index in [1.54, 1.807) is 0 Å². The second-order valence-electron chi connectivity index (χ2n) is 3.92. The quantitative estimate of drug-likeness (QED) is 0.656. The fraction of sp³-hybridized carbons (Fsp3) is 0.556. The maximum Gasteiger partial charge on any atom is 0.274 e. The minimum Gasteiger partial charge on any atom is -0.446 e. The van der Waals surface area contributed by atoms with Gasteiger partial charge in [-0.15, -0.1) is 0 Å². The maximum absolute atomic E-state index is 11.8. The Morgan fingerprint density at radius 2 is 2.06 bits per heavy atom. The van der Waals surface area contributed by atoms with Gasteiger partial charge in [-0.25, -0.2) is 13.1 Å². The highest BCUT2D eigenvalue weighted by atomic mass is 32.2. The zero-order valence-corrected chi connectivity index (χ0v) is 9.33. The number of hydrogen-bond donors (Lipinski definition) is 3. The first-order valence-electron chi connectivity index (χ1n) is 4.86. The van der Waals surface area contributed by atoms with E-state index >= 15 is 0 Å². The molecule has 1 saturated carbocycles. The zero-order chi connectivity index (χ0) is 11.8. The second-order valence-corrected chi connectivity index (χ2v) is 5.54. The third-order valence-electron chi connectivity index (χ3n) is 2.56. The van der Waals surface area contributed by atoms with Gasteiger partial charge in [0.15, 0.2) is 0 Å². The van der Waals surface area contributed by atoms with Crippen LogP contribution < -0.4 is 4.72 Å². The summed E-state index contributed by atoms with van der Waals surface area (Å²) in [5, 5.41) is 17.5. The number of sulfonamides is 1. The molecule has 0 atom stereocenters. The molecule has 1 aliphatic carbocycles. The molecular weight excluding hydrogens is 234 g/mol. The summed E-state index contributed by atoms with van der Waals surface area (Å²) in [7, 11) is -3.74. The van der Waals surface area contributed by atoms with E-state index in [-0.39, 0.29) is 24.1 Å². The van der Waals surface area contributed by atoms with Crippen LogP contribution in [0.1, 0.15) is 18.6 Å². The van der Waals surface area contributed by atoms with E-state index in [0.717, 1.165) is 0 Å². The molecule has 2 rings (SSSR count). The highest BCUT2D eigenvalue weighted by Crippen LogP contribution is 2.36. The van der Waals surface area contributed by atoms with Crippen LogP contribution in [-0.4, -0.2) is 30.8 Å². The highest BCUT2D eigenvalue weighted by molar-refractivity contribution is 7.89. The van der Waals surface area contributed by atoms with Crippen molar-refractivity contribution in [3.8, 4) is 0 Å². The molecule has 7 heteroatoms. The van der Waals surface area contributed by atoms with Crippen molar-refractivity contribution in [3.05, 3.63) is 17.9 Å². The monoisotopic (exact) mass is 247 g/mol. The van der Waals surface area contributed by atoms with Gasteiger partial charge >= 0.3 is 0 Å². The standard InChI is InChI=1S/C9H13NO5S/c11-5-7-1-2-8(15-7)16(13,14)10-9(6-12)3-4-9/h1-2,10-12H,3-6H2. The summed E-state index contributed by atoms with van der Waals surface area (Å²) in [4.78, 5) is 0. The molecule has 0 bridgehead atoms. The molecule has 0 amide bonds. The fourth-order valence-corrected chi connectivity index (χ4v) is 2.77. The Morgan fingerprint density at radius 3 is 2.50 bits per heavy atom. The van der Waals surface area contributed by atoms with Crippen LogP contribution in [0, 0.1) is 0 Å². The topological polar surface area (TPSA) is 99.8 Å². The molecule has 16 heavy (non-hydrogen) atoms. The molecule has 90 valence electrons. The van der Waals surface area contributed by atoms with E-state index in [1.807, 2.05) is 0 Å². The van der Waals surface area contributed by atoms with Gasteiger partial charge in [0.2, 0.25) is 5.09 Å². The third kappa shape index (κ3) is 2.12. The Morgan fingerprint density at radius 1 is 1.38 bits per heavy atom. The lowest BCUT2D eigenvalue weighted by Crippen LogP contribution is -2.39.